The molecule has 1 rings (SSSR count). The van der Waals surface area contributed by atoms with E-state index in [0.29, 0.717) is 0 Å². The lowest BCUT2D eigenvalue weighted by molar-refractivity contribution is -0.125. The molecule has 0 aromatic carbocycles. The van der Waals surface area contributed by atoms with E-state index in [0.717, 1.165) is 13.0 Å². The molecule has 1 amide bonds. The van der Waals surface area contributed by atoms with E-state index in [1.807, 2.05) is 7.85 Å². The zero-order valence-corrected chi connectivity index (χ0v) is 5.63. The quantitative estimate of drug-likeness (QED) is 0.441. The molecule has 1 aliphatic rings. The predicted molar refractivity (Wildman–Crippen MR) is 38.8 cm³/mol. The number of hydrogen-bond donors (Lipinski definition) is 0. The van der Waals surface area contributed by atoms with Gasteiger partial charge in [0.15, 0.2) is 0 Å². The van der Waals surface area contributed by atoms with E-state index in [1.165, 1.54) is 0 Å². The molecule has 3 heteroatoms. The largest absolute Gasteiger partial charge is 0.320 e. The van der Waals surface area contributed by atoms with Crippen molar-refractivity contribution in [2.75, 3.05) is 6.54 Å². The second-order valence-corrected chi connectivity index (χ2v) is 2.40. The summed E-state index contributed by atoms with van der Waals surface area (Å²) >= 11 is 0. The Morgan fingerprint density at radius 2 is 2.56 bits per heavy atom. The van der Waals surface area contributed by atoms with Crippen LogP contribution >= 0.6 is 0 Å². The Hall–Kier alpha value is -0.725. The highest BCUT2D eigenvalue weighted by Gasteiger charge is 2.25. The van der Waals surface area contributed by atoms with Crippen LogP contribution < -0.4 is 0 Å². The summed E-state index contributed by atoms with van der Waals surface area (Å²) in [6.45, 7) is 4.38. The average molecular weight is 123 g/mol. The molecule has 0 aromatic heterocycles. The van der Waals surface area contributed by atoms with Crippen molar-refractivity contribution in [2.24, 2.45) is 0 Å². The zero-order valence-electron chi connectivity index (χ0n) is 5.63. The summed E-state index contributed by atoms with van der Waals surface area (Å²) in [5.74, 6) is 0.424. The number of nitrogens with zero attached hydrogens (tertiary/aromatic N) is 1. The number of carbonyl (C=O) groups excluding carboxylic acids is 1. The van der Waals surface area contributed by atoms with Crippen LogP contribution in [0.15, 0.2) is 12.8 Å². The number of hydrogen-bond acceptors (Lipinski definition) is 1. The maximum absolute atomic E-state index is 11.0. The van der Waals surface area contributed by atoms with Gasteiger partial charge in [0.05, 0.1) is 0 Å². The summed E-state index contributed by atoms with van der Waals surface area (Å²) in [7, 11) is 1.95. The standard InChI is InChI=1S/C6H10BNO/c1-2-8-4-3-5(7)6(8)9/h2,5H,1,3-4,7H2. The van der Waals surface area contributed by atoms with Crippen LogP contribution in [0.5, 0.6) is 0 Å². The molecule has 48 valence electrons. The van der Waals surface area contributed by atoms with Crippen LogP contribution in [-0.4, -0.2) is 25.2 Å². The summed E-state index contributed by atoms with van der Waals surface area (Å²) in [5.41, 5.74) is 0. The van der Waals surface area contributed by atoms with Crippen LogP contribution in [0.3, 0.4) is 0 Å². The highest BCUT2D eigenvalue weighted by molar-refractivity contribution is 6.24. The summed E-state index contributed by atoms with van der Waals surface area (Å²) in [5, 5.41) is 0. The van der Waals surface area contributed by atoms with Gasteiger partial charge in [-0.25, -0.2) is 0 Å². The highest BCUT2D eigenvalue weighted by Crippen LogP contribution is 2.19. The Balaban J connectivity index is 2.61. The fraction of sp³-hybridized carbons (Fsp3) is 0.500. The van der Waals surface area contributed by atoms with Gasteiger partial charge in [-0.2, -0.15) is 0 Å². The minimum Gasteiger partial charge on any atom is -0.320 e. The average Bonchev–Trinajstić information content (AvgIpc) is 2.15. The maximum Gasteiger partial charge on any atom is 0.221 e. The van der Waals surface area contributed by atoms with Crippen molar-refractivity contribution in [3.05, 3.63) is 12.8 Å². The van der Waals surface area contributed by atoms with Crippen molar-refractivity contribution < 1.29 is 4.79 Å². The van der Waals surface area contributed by atoms with E-state index < -0.39 is 0 Å². The first-order chi connectivity index (χ1) is 4.25. The summed E-state index contributed by atoms with van der Waals surface area (Å²) in [6, 6.07) is 0. The number of rotatable bonds is 1. The van der Waals surface area contributed by atoms with Crippen LogP contribution in [-0.2, 0) is 4.79 Å². The summed E-state index contributed by atoms with van der Waals surface area (Å²) < 4.78 is 0. The predicted octanol–water partition coefficient (Wildman–Crippen LogP) is -0.216. The van der Waals surface area contributed by atoms with E-state index in [4.69, 9.17) is 0 Å². The number of carbonyl (C=O) groups is 1. The molecule has 1 heterocycles. The molecule has 0 spiro atoms. The first-order valence-corrected chi connectivity index (χ1v) is 3.18. The summed E-state index contributed by atoms with van der Waals surface area (Å²) in [6.07, 6.45) is 2.58. The van der Waals surface area contributed by atoms with Crippen molar-refractivity contribution in [3.8, 4) is 0 Å². The SMILES string of the molecule is BC1CCN(C=C)C1=O. The Kier molecular flexibility index (Phi) is 1.60. The van der Waals surface area contributed by atoms with Gasteiger partial charge in [-0.3, -0.25) is 4.79 Å². The lowest BCUT2D eigenvalue weighted by Crippen LogP contribution is -2.18. The van der Waals surface area contributed by atoms with Crippen LogP contribution in [0.1, 0.15) is 6.42 Å². The molecule has 1 atom stereocenters. The van der Waals surface area contributed by atoms with Gasteiger partial charge >= 0.3 is 0 Å². The van der Waals surface area contributed by atoms with E-state index in [9.17, 15) is 4.79 Å². The molecular weight excluding hydrogens is 113 g/mol. The van der Waals surface area contributed by atoms with E-state index >= 15 is 0 Å². The molecule has 0 aliphatic carbocycles. The normalized spacial score (nSPS) is 26.9. The van der Waals surface area contributed by atoms with Crippen molar-refractivity contribution >= 4 is 13.8 Å². The van der Waals surface area contributed by atoms with Crippen LogP contribution in [0.2, 0.25) is 5.82 Å². The molecule has 9 heavy (non-hydrogen) atoms. The van der Waals surface area contributed by atoms with E-state index in [2.05, 4.69) is 6.58 Å². The zero-order chi connectivity index (χ0) is 6.85. The van der Waals surface area contributed by atoms with Crippen LogP contribution in [0.4, 0.5) is 0 Å². The van der Waals surface area contributed by atoms with Gasteiger partial charge in [-0.15, -0.1) is 0 Å². The number of amides is 1. The third-order valence-electron chi connectivity index (χ3n) is 1.73. The molecule has 0 bridgehead atoms. The Labute approximate surface area is 55.9 Å². The minimum absolute atomic E-state index is 0.211. The van der Waals surface area contributed by atoms with Crippen molar-refractivity contribution in [2.45, 2.75) is 12.2 Å². The van der Waals surface area contributed by atoms with Crippen molar-refractivity contribution in [1.82, 2.24) is 4.90 Å². The molecule has 0 aromatic rings. The van der Waals surface area contributed by atoms with Crippen molar-refractivity contribution in [3.63, 3.8) is 0 Å². The van der Waals surface area contributed by atoms with Gasteiger partial charge in [0.1, 0.15) is 7.85 Å². The maximum atomic E-state index is 11.0. The summed E-state index contributed by atoms with van der Waals surface area (Å²) in [4.78, 5) is 12.7. The van der Waals surface area contributed by atoms with Crippen LogP contribution in [0, 0.1) is 0 Å². The molecule has 1 unspecified atom stereocenters. The van der Waals surface area contributed by atoms with Gasteiger partial charge < -0.3 is 4.90 Å². The lowest BCUT2D eigenvalue weighted by Gasteiger charge is -2.07. The third kappa shape index (κ3) is 0.993. The van der Waals surface area contributed by atoms with Gasteiger partial charge in [-0.1, -0.05) is 6.58 Å². The monoisotopic (exact) mass is 123 g/mol. The van der Waals surface area contributed by atoms with E-state index in [1.54, 1.807) is 11.1 Å². The van der Waals surface area contributed by atoms with Gasteiger partial charge in [0, 0.05) is 12.4 Å². The highest BCUT2D eigenvalue weighted by atomic mass is 16.2. The molecule has 0 N–H and O–H groups in total. The van der Waals surface area contributed by atoms with Gasteiger partial charge in [0.25, 0.3) is 0 Å². The topological polar surface area (TPSA) is 20.3 Å². The first kappa shape index (κ1) is 6.40. The lowest BCUT2D eigenvalue weighted by atomic mass is 9.86. The second-order valence-electron chi connectivity index (χ2n) is 2.40. The Morgan fingerprint density at radius 1 is 1.89 bits per heavy atom. The number of likely N-dealkylation sites (tertiary alicyclic amines) is 1. The first-order valence-electron chi connectivity index (χ1n) is 3.18. The molecule has 1 aliphatic heterocycles. The molecular formula is C6H10BNO. The Bertz CT molecular complexity index is 146. The van der Waals surface area contributed by atoms with Gasteiger partial charge in [-0.05, 0) is 12.6 Å². The molecule has 0 saturated carbocycles. The fourth-order valence-electron chi connectivity index (χ4n) is 1.03. The second kappa shape index (κ2) is 2.25. The smallest absolute Gasteiger partial charge is 0.221 e. The molecule has 1 fully saturated rings. The van der Waals surface area contributed by atoms with Crippen molar-refractivity contribution in [1.29, 1.82) is 0 Å². The molecule has 0 radical (unpaired) electrons. The van der Waals surface area contributed by atoms with E-state index in [-0.39, 0.29) is 11.7 Å². The van der Waals surface area contributed by atoms with Crippen LogP contribution in [0.25, 0.3) is 0 Å². The molecule has 2 nitrogen and oxygen atoms in total. The molecule has 1 saturated heterocycles. The Morgan fingerprint density at radius 3 is 2.78 bits per heavy atom. The fourth-order valence-corrected chi connectivity index (χ4v) is 1.03. The van der Waals surface area contributed by atoms with Gasteiger partial charge in [0.2, 0.25) is 5.91 Å². The minimum atomic E-state index is 0.211. The third-order valence-corrected chi connectivity index (χ3v) is 1.73.